The summed E-state index contributed by atoms with van der Waals surface area (Å²) in [4.78, 5) is 2.39. The molecule has 0 atom stereocenters. The van der Waals surface area contributed by atoms with Gasteiger partial charge in [-0.15, -0.1) is 11.3 Å². The highest BCUT2D eigenvalue weighted by Crippen LogP contribution is 2.45. The van der Waals surface area contributed by atoms with Crippen molar-refractivity contribution in [3.63, 3.8) is 0 Å². The van der Waals surface area contributed by atoms with Crippen LogP contribution < -0.4 is 4.90 Å². The smallest absolute Gasteiger partial charge is 0.136 e. The molecule has 0 unspecified atom stereocenters. The predicted molar refractivity (Wildman–Crippen MR) is 219 cm³/mol. The van der Waals surface area contributed by atoms with E-state index in [0.717, 1.165) is 72.1 Å². The lowest BCUT2D eigenvalue weighted by Crippen LogP contribution is -2.11. The van der Waals surface area contributed by atoms with Gasteiger partial charge >= 0.3 is 0 Å². The molecule has 0 spiro atoms. The van der Waals surface area contributed by atoms with Gasteiger partial charge in [0.15, 0.2) is 0 Å². The maximum Gasteiger partial charge on any atom is 0.136 e. The minimum Gasteiger partial charge on any atom is -0.456 e. The third-order valence-corrected chi connectivity index (χ3v) is 11.4. The Bertz CT molecular complexity index is 3130. The van der Waals surface area contributed by atoms with Crippen LogP contribution in [-0.4, -0.2) is 0 Å². The maximum absolute atomic E-state index is 6.48. The number of furan rings is 2. The summed E-state index contributed by atoms with van der Waals surface area (Å²) in [5.41, 5.74) is 11.4. The van der Waals surface area contributed by atoms with Crippen molar-refractivity contribution in [2.45, 2.75) is 0 Å². The molecule has 3 aromatic heterocycles. The third kappa shape index (κ3) is 4.51. The highest BCUT2D eigenvalue weighted by atomic mass is 32.1. The Labute approximate surface area is 303 Å². The van der Waals surface area contributed by atoms with Gasteiger partial charge in [0.25, 0.3) is 0 Å². The van der Waals surface area contributed by atoms with Gasteiger partial charge in [0.2, 0.25) is 0 Å². The van der Waals surface area contributed by atoms with Crippen molar-refractivity contribution in [1.82, 2.24) is 0 Å². The molecule has 11 aromatic rings. The lowest BCUT2D eigenvalue weighted by atomic mass is 10.00. The molecule has 0 radical (unpaired) electrons. The van der Waals surface area contributed by atoms with Crippen LogP contribution >= 0.6 is 11.3 Å². The van der Waals surface area contributed by atoms with Crippen molar-refractivity contribution in [2.24, 2.45) is 0 Å². The summed E-state index contributed by atoms with van der Waals surface area (Å²) in [6.07, 6.45) is 0. The number of para-hydroxylation sites is 2. The highest BCUT2D eigenvalue weighted by molar-refractivity contribution is 7.25. The summed E-state index contributed by atoms with van der Waals surface area (Å²) in [6, 6.07) is 62.6. The molecule has 0 amide bonds. The number of hydrogen-bond acceptors (Lipinski definition) is 4. The summed E-state index contributed by atoms with van der Waals surface area (Å²) in [5, 5.41) is 6.97. The van der Waals surface area contributed by atoms with Crippen LogP contribution in [0, 0.1) is 0 Å². The summed E-state index contributed by atoms with van der Waals surface area (Å²) in [5.74, 6) is 0. The predicted octanol–water partition coefficient (Wildman–Crippen LogP) is 14.7. The standard InChI is InChI=1S/C48H29NO2S/c1-2-10-31(11-3-1)35-12-4-7-15-40(35)49(34-23-27-46-39(29-34)36-13-6-9-17-45(36)52-46)33-21-18-30(19-22-33)32-20-24-38-44(28-32)51-43-26-25-42-47(48(38)43)37-14-5-8-16-41(37)50-42/h1-29H. The molecular weight excluding hydrogens is 655 g/mol. The molecule has 0 fully saturated rings. The van der Waals surface area contributed by atoms with E-state index in [-0.39, 0.29) is 0 Å². The second-order valence-electron chi connectivity index (χ2n) is 13.3. The van der Waals surface area contributed by atoms with Crippen LogP contribution in [0.1, 0.15) is 0 Å². The molecule has 0 aliphatic rings. The molecule has 244 valence electrons. The minimum absolute atomic E-state index is 0.865. The van der Waals surface area contributed by atoms with Crippen LogP contribution in [0.3, 0.4) is 0 Å². The Morgan fingerprint density at radius 2 is 1.00 bits per heavy atom. The van der Waals surface area contributed by atoms with Crippen LogP contribution in [-0.2, 0) is 0 Å². The van der Waals surface area contributed by atoms with Crippen LogP contribution in [0.5, 0.6) is 0 Å². The first kappa shape index (κ1) is 29.1. The van der Waals surface area contributed by atoms with Crippen molar-refractivity contribution in [3.8, 4) is 22.3 Å². The van der Waals surface area contributed by atoms with E-state index in [1.54, 1.807) is 0 Å². The summed E-state index contributed by atoms with van der Waals surface area (Å²) in [7, 11) is 0. The van der Waals surface area contributed by atoms with Crippen molar-refractivity contribution >= 4 is 92.4 Å². The Morgan fingerprint density at radius 3 is 1.85 bits per heavy atom. The number of thiophene rings is 1. The number of hydrogen-bond donors (Lipinski definition) is 0. The van der Waals surface area contributed by atoms with E-state index in [4.69, 9.17) is 8.83 Å². The number of anilines is 3. The number of benzene rings is 8. The average molecular weight is 684 g/mol. The van der Waals surface area contributed by atoms with E-state index in [1.165, 1.54) is 31.3 Å². The van der Waals surface area contributed by atoms with E-state index >= 15 is 0 Å². The molecule has 11 rings (SSSR count). The van der Waals surface area contributed by atoms with Gasteiger partial charge in [-0.1, -0.05) is 103 Å². The van der Waals surface area contributed by atoms with Gasteiger partial charge in [0.05, 0.1) is 5.69 Å². The van der Waals surface area contributed by atoms with Gasteiger partial charge in [-0.25, -0.2) is 0 Å². The second-order valence-corrected chi connectivity index (χ2v) is 14.4. The molecule has 4 heteroatoms. The van der Waals surface area contributed by atoms with Gasteiger partial charge < -0.3 is 13.7 Å². The number of fused-ring (bicyclic) bond motifs is 10. The van der Waals surface area contributed by atoms with Gasteiger partial charge in [-0.3, -0.25) is 0 Å². The van der Waals surface area contributed by atoms with Crippen molar-refractivity contribution in [1.29, 1.82) is 0 Å². The molecular formula is C48H29NO2S. The summed E-state index contributed by atoms with van der Waals surface area (Å²) < 4.78 is 15.3. The highest BCUT2D eigenvalue weighted by Gasteiger charge is 2.20. The zero-order chi connectivity index (χ0) is 34.2. The van der Waals surface area contributed by atoms with Crippen LogP contribution in [0.4, 0.5) is 17.1 Å². The molecule has 52 heavy (non-hydrogen) atoms. The van der Waals surface area contributed by atoms with E-state index in [9.17, 15) is 0 Å². The first-order chi connectivity index (χ1) is 25.8. The second kappa shape index (κ2) is 11.5. The zero-order valence-electron chi connectivity index (χ0n) is 27.9. The van der Waals surface area contributed by atoms with Crippen molar-refractivity contribution < 1.29 is 8.83 Å². The Kier molecular flexibility index (Phi) is 6.42. The number of rotatable bonds is 5. The van der Waals surface area contributed by atoms with Gasteiger partial charge in [-0.2, -0.15) is 0 Å². The van der Waals surface area contributed by atoms with Crippen molar-refractivity contribution in [2.75, 3.05) is 4.90 Å². The molecule has 0 saturated carbocycles. The fourth-order valence-corrected chi connectivity index (χ4v) is 8.96. The molecule has 0 saturated heterocycles. The topological polar surface area (TPSA) is 29.5 Å². The van der Waals surface area contributed by atoms with E-state index in [2.05, 4.69) is 157 Å². The quantitative estimate of drug-likeness (QED) is 0.181. The minimum atomic E-state index is 0.865. The zero-order valence-corrected chi connectivity index (χ0v) is 28.7. The molecule has 0 aliphatic heterocycles. The normalized spacial score (nSPS) is 11.8. The fraction of sp³-hybridized carbons (Fsp3) is 0. The monoisotopic (exact) mass is 683 g/mol. The SMILES string of the molecule is c1ccc(-c2ccccc2N(c2ccc(-c3ccc4c(c3)oc3ccc5oc6ccccc6c5c34)cc2)c2ccc3sc4ccccc4c3c2)cc1. The summed E-state index contributed by atoms with van der Waals surface area (Å²) in [6.45, 7) is 0. The third-order valence-electron chi connectivity index (χ3n) is 10.3. The van der Waals surface area contributed by atoms with Crippen LogP contribution in [0.2, 0.25) is 0 Å². The lowest BCUT2D eigenvalue weighted by Gasteiger charge is -2.28. The largest absolute Gasteiger partial charge is 0.456 e. The van der Waals surface area contributed by atoms with E-state index in [0.29, 0.717) is 0 Å². The van der Waals surface area contributed by atoms with Gasteiger partial charge in [-0.05, 0) is 89.5 Å². The maximum atomic E-state index is 6.48. The first-order valence-electron chi connectivity index (χ1n) is 17.5. The molecule has 3 heterocycles. The number of nitrogens with zero attached hydrogens (tertiary/aromatic N) is 1. The average Bonchev–Trinajstić information content (AvgIpc) is 3.89. The molecule has 8 aromatic carbocycles. The molecule has 3 nitrogen and oxygen atoms in total. The van der Waals surface area contributed by atoms with Gasteiger partial charge in [0, 0.05) is 58.7 Å². The lowest BCUT2D eigenvalue weighted by molar-refractivity contribution is 0.663. The first-order valence-corrected chi connectivity index (χ1v) is 18.3. The Balaban J connectivity index is 1.04. The molecule has 0 aliphatic carbocycles. The Morgan fingerprint density at radius 1 is 0.365 bits per heavy atom. The summed E-state index contributed by atoms with van der Waals surface area (Å²) >= 11 is 1.85. The van der Waals surface area contributed by atoms with Crippen molar-refractivity contribution in [3.05, 3.63) is 176 Å². The van der Waals surface area contributed by atoms with Gasteiger partial charge in [0.1, 0.15) is 22.3 Å². The van der Waals surface area contributed by atoms with E-state index in [1.807, 2.05) is 35.6 Å². The fourth-order valence-electron chi connectivity index (χ4n) is 7.88. The molecule has 0 bridgehead atoms. The van der Waals surface area contributed by atoms with E-state index < -0.39 is 0 Å². The Hall–Kier alpha value is -6.62. The molecule has 0 N–H and O–H groups in total. The van der Waals surface area contributed by atoms with Crippen LogP contribution in [0.15, 0.2) is 185 Å². The van der Waals surface area contributed by atoms with Crippen LogP contribution in [0.25, 0.3) is 86.3 Å².